The van der Waals surface area contributed by atoms with Crippen molar-refractivity contribution < 1.29 is 4.74 Å². The van der Waals surface area contributed by atoms with Gasteiger partial charge in [-0.2, -0.15) is 5.26 Å². The number of nitrogen functional groups attached to an aromatic ring is 1. The molecule has 0 saturated heterocycles. The minimum atomic E-state index is 0.371. The van der Waals surface area contributed by atoms with E-state index in [1.165, 1.54) is 0 Å². The van der Waals surface area contributed by atoms with Crippen LogP contribution in [0.2, 0.25) is 0 Å². The van der Waals surface area contributed by atoms with Gasteiger partial charge in [0.25, 0.3) is 0 Å². The maximum Gasteiger partial charge on any atom is 0.150 e. The number of para-hydroxylation sites is 1. The Kier molecular flexibility index (Phi) is 3.72. The van der Waals surface area contributed by atoms with Gasteiger partial charge in [0.1, 0.15) is 11.5 Å². The fourth-order valence-electron chi connectivity index (χ4n) is 1.88. The number of nitriles is 1. The molecule has 0 aliphatic rings. The van der Waals surface area contributed by atoms with Gasteiger partial charge in [-0.25, -0.2) is 0 Å². The zero-order chi connectivity index (χ0) is 13.8. The molecule has 0 fully saturated rings. The maximum atomic E-state index is 8.81. The Morgan fingerprint density at radius 1 is 1.11 bits per heavy atom. The van der Waals surface area contributed by atoms with E-state index < -0.39 is 0 Å². The van der Waals surface area contributed by atoms with E-state index in [1.807, 2.05) is 24.3 Å². The van der Waals surface area contributed by atoms with Crippen LogP contribution in [-0.4, -0.2) is 0 Å². The molecule has 0 amide bonds. The molecule has 0 aliphatic heterocycles. The molecule has 0 aromatic heterocycles. The van der Waals surface area contributed by atoms with E-state index in [-0.39, 0.29) is 0 Å². The Morgan fingerprint density at radius 3 is 2.47 bits per heavy atom. The lowest BCUT2D eigenvalue weighted by atomic mass is 10.0. The highest BCUT2D eigenvalue weighted by Gasteiger charge is 2.09. The molecule has 0 saturated carbocycles. The van der Waals surface area contributed by atoms with Crippen molar-refractivity contribution in [1.82, 2.24) is 0 Å². The van der Waals surface area contributed by atoms with Gasteiger partial charge < -0.3 is 10.5 Å². The average Bonchev–Trinajstić information content (AvgIpc) is 2.41. The van der Waals surface area contributed by atoms with Crippen LogP contribution < -0.4 is 10.5 Å². The predicted octanol–water partition coefficient (Wildman–Crippen LogP) is 4.06. The number of hydrogen-bond acceptors (Lipinski definition) is 3. The number of nitrogens with zero attached hydrogens (tertiary/aromatic N) is 1. The molecule has 96 valence electrons. The molecule has 2 N–H and O–H groups in total. The number of anilines is 1. The third kappa shape index (κ3) is 2.86. The van der Waals surface area contributed by atoms with Crippen LogP contribution in [0.5, 0.6) is 11.5 Å². The molecule has 0 aliphatic carbocycles. The van der Waals surface area contributed by atoms with Gasteiger partial charge in [-0.3, -0.25) is 0 Å². The Morgan fingerprint density at radius 2 is 1.84 bits per heavy atom. The standard InChI is InChI=1S/C16H16N2O/c1-11(2)13-5-3-4-6-15(13)19-16-8-7-12(10-17)9-14(16)18/h3-9,11H,18H2,1-2H3. The van der Waals surface area contributed by atoms with Crippen LogP contribution in [0.15, 0.2) is 42.5 Å². The van der Waals surface area contributed by atoms with Gasteiger partial charge in [0, 0.05) is 0 Å². The van der Waals surface area contributed by atoms with Crippen LogP contribution >= 0.6 is 0 Å². The first-order chi connectivity index (χ1) is 9.11. The lowest BCUT2D eigenvalue weighted by Crippen LogP contribution is -1.96. The van der Waals surface area contributed by atoms with Gasteiger partial charge >= 0.3 is 0 Å². The molecule has 3 nitrogen and oxygen atoms in total. The van der Waals surface area contributed by atoms with E-state index in [1.54, 1.807) is 18.2 Å². The van der Waals surface area contributed by atoms with Gasteiger partial charge in [0.15, 0.2) is 0 Å². The fourth-order valence-corrected chi connectivity index (χ4v) is 1.88. The molecule has 0 radical (unpaired) electrons. The molecule has 19 heavy (non-hydrogen) atoms. The maximum absolute atomic E-state index is 8.81. The molecule has 3 heteroatoms. The molecule has 0 heterocycles. The molecule has 0 atom stereocenters. The minimum absolute atomic E-state index is 0.371. The third-order valence-electron chi connectivity index (χ3n) is 2.90. The predicted molar refractivity (Wildman–Crippen MR) is 76.2 cm³/mol. The van der Waals surface area contributed by atoms with Crippen LogP contribution in [0.1, 0.15) is 30.9 Å². The highest BCUT2D eigenvalue weighted by atomic mass is 16.5. The Labute approximate surface area is 113 Å². The second-order valence-corrected chi connectivity index (χ2v) is 4.66. The zero-order valence-electron chi connectivity index (χ0n) is 11.1. The normalized spacial score (nSPS) is 10.2. The van der Waals surface area contributed by atoms with Crippen molar-refractivity contribution >= 4 is 5.69 Å². The van der Waals surface area contributed by atoms with Crippen LogP contribution in [0, 0.1) is 11.3 Å². The summed E-state index contributed by atoms with van der Waals surface area (Å²) in [5.74, 6) is 1.75. The summed E-state index contributed by atoms with van der Waals surface area (Å²) in [6, 6.07) is 15.0. The summed E-state index contributed by atoms with van der Waals surface area (Å²) in [4.78, 5) is 0. The van der Waals surface area contributed by atoms with Gasteiger partial charge in [0.05, 0.1) is 17.3 Å². The first-order valence-electron chi connectivity index (χ1n) is 6.18. The van der Waals surface area contributed by atoms with Crippen molar-refractivity contribution in [2.75, 3.05) is 5.73 Å². The summed E-state index contributed by atoms with van der Waals surface area (Å²) in [5.41, 5.74) is 8.03. The van der Waals surface area contributed by atoms with E-state index in [9.17, 15) is 0 Å². The average molecular weight is 252 g/mol. The Hall–Kier alpha value is -2.47. The fraction of sp³-hybridized carbons (Fsp3) is 0.188. The highest BCUT2D eigenvalue weighted by molar-refractivity contribution is 5.58. The van der Waals surface area contributed by atoms with Crippen molar-refractivity contribution in [1.29, 1.82) is 5.26 Å². The quantitative estimate of drug-likeness (QED) is 0.838. The third-order valence-corrected chi connectivity index (χ3v) is 2.90. The summed E-state index contributed by atoms with van der Waals surface area (Å²) in [5, 5.41) is 8.81. The molecule has 2 aromatic carbocycles. The lowest BCUT2D eigenvalue weighted by molar-refractivity contribution is 0.475. The molecule has 2 rings (SSSR count). The zero-order valence-corrected chi connectivity index (χ0v) is 11.1. The van der Waals surface area contributed by atoms with Gasteiger partial charge in [-0.05, 0) is 35.7 Å². The summed E-state index contributed by atoms with van der Waals surface area (Å²) < 4.78 is 5.87. The number of nitrogens with two attached hydrogens (primary N) is 1. The molecule has 0 unspecified atom stereocenters. The molecular formula is C16H16N2O. The van der Waals surface area contributed by atoms with Crippen molar-refractivity contribution in [3.63, 3.8) is 0 Å². The number of ether oxygens (including phenoxy) is 1. The number of benzene rings is 2. The van der Waals surface area contributed by atoms with Crippen LogP contribution in [0.25, 0.3) is 0 Å². The van der Waals surface area contributed by atoms with Crippen LogP contribution in [0.3, 0.4) is 0 Å². The van der Waals surface area contributed by atoms with Crippen molar-refractivity contribution in [3.8, 4) is 17.6 Å². The van der Waals surface area contributed by atoms with Gasteiger partial charge in [0.2, 0.25) is 0 Å². The van der Waals surface area contributed by atoms with E-state index in [0.29, 0.717) is 22.9 Å². The highest BCUT2D eigenvalue weighted by Crippen LogP contribution is 2.33. The molecule has 2 aromatic rings. The largest absolute Gasteiger partial charge is 0.455 e. The van der Waals surface area contributed by atoms with Crippen molar-refractivity contribution in [3.05, 3.63) is 53.6 Å². The van der Waals surface area contributed by atoms with E-state index in [0.717, 1.165) is 11.3 Å². The van der Waals surface area contributed by atoms with Gasteiger partial charge in [-0.1, -0.05) is 32.0 Å². The number of rotatable bonds is 3. The van der Waals surface area contributed by atoms with Crippen molar-refractivity contribution in [2.45, 2.75) is 19.8 Å². The summed E-state index contributed by atoms with van der Waals surface area (Å²) in [6.45, 7) is 4.23. The van der Waals surface area contributed by atoms with Crippen LogP contribution in [-0.2, 0) is 0 Å². The summed E-state index contributed by atoms with van der Waals surface area (Å²) in [6.07, 6.45) is 0. The Bertz CT molecular complexity index is 627. The van der Waals surface area contributed by atoms with E-state index >= 15 is 0 Å². The SMILES string of the molecule is CC(C)c1ccccc1Oc1ccc(C#N)cc1N. The van der Waals surface area contributed by atoms with E-state index in [2.05, 4.69) is 19.9 Å². The first-order valence-corrected chi connectivity index (χ1v) is 6.18. The minimum Gasteiger partial charge on any atom is -0.455 e. The molecule has 0 spiro atoms. The summed E-state index contributed by atoms with van der Waals surface area (Å²) >= 11 is 0. The van der Waals surface area contributed by atoms with Crippen molar-refractivity contribution in [2.24, 2.45) is 0 Å². The second kappa shape index (κ2) is 5.45. The Balaban J connectivity index is 2.34. The number of hydrogen-bond donors (Lipinski definition) is 1. The smallest absolute Gasteiger partial charge is 0.150 e. The topological polar surface area (TPSA) is 59.0 Å². The van der Waals surface area contributed by atoms with Gasteiger partial charge in [-0.15, -0.1) is 0 Å². The summed E-state index contributed by atoms with van der Waals surface area (Å²) in [7, 11) is 0. The molecule has 0 bridgehead atoms. The second-order valence-electron chi connectivity index (χ2n) is 4.66. The van der Waals surface area contributed by atoms with Crippen LogP contribution in [0.4, 0.5) is 5.69 Å². The van der Waals surface area contributed by atoms with E-state index in [4.69, 9.17) is 15.7 Å². The monoisotopic (exact) mass is 252 g/mol. The first kappa shape index (κ1) is 13.0. The molecular weight excluding hydrogens is 236 g/mol. The lowest BCUT2D eigenvalue weighted by Gasteiger charge is -2.14.